The smallest absolute Gasteiger partial charge is 0.237 e. The van der Waals surface area contributed by atoms with Crippen LogP contribution in [0, 0.1) is 0 Å². The lowest BCUT2D eigenvalue weighted by Crippen LogP contribution is -2.27. The highest BCUT2D eigenvalue weighted by Crippen LogP contribution is 2.26. The highest BCUT2D eigenvalue weighted by atomic mass is 35.5. The highest BCUT2D eigenvalue weighted by Gasteiger charge is 2.16. The van der Waals surface area contributed by atoms with Crippen molar-refractivity contribution in [1.82, 2.24) is 9.55 Å². The minimum atomic E-state index is 0.0301. The fraction of sp³-hybridized carbons (Fsp3) is 0.130. The number of anilines is 1. The number of para-hydroxylation sites is 3. The standard InChI is InChI=1S/C23H20ClN3OS/c1-26(19-10-3-2-4-11-19)22(28)16-29-23-25-20-12-5-6-13-21(20)27(23)15-17-8-7-9-18(24)14-17/h2-14H,15-16H2,1H3. The van der Waals surface area contributed by atoms with Crippen LogP contribution in [0.15, 0.2) is 84.0 Å². The van der Waals surface area contributed by atoms with Crippen LogP contribution in [0.1, 0.15) is 5.56 Å². The first-order chi connectivity index (χ1) is 14.1. The van der Waals surface area contributed by atoms with Crippen LogP contribution in [0.3, 0.4) is 0 Å². The van der Waals surface area contributed by atoms with E-state index < -0.39 is 0 Å². The molecule has 0 saturated carbocycles. The van der Waals surface area contributed by atoms with Gasteiger partial charge in [-0.1, -0.05) is 65.8 Å². The molecule has 1 amide bonds. The maximum Gasteiger partial charge on any atom is 0.237 e. The van der Waals surface area contributed by atoms with Gasteiger partial charge in [0.2, 0.25) is 5.91 Å². The quantitative estimate of drug-likeness (QED) is 0.386. The molecular formula is C23H20ClN3OS. The second-order valence-electron chi connectivity index (χ2n) is 6.68. The van der Waals surface area contributed by atoms with Gasteiger partial charge in [0.05, 0.1) is 23.3 Å². The number of hydrogen-bond donors (Lipinski definition) is 0. The summed E-state index contributed by atoms with van der Waals surface area (Å²) >= 11 is 7.61. The summed E-state index contributed by atoms with van der Waals surface area (Å²) in [7, 11) is 1.80. The first kappa shape index (κ1) is 19.6. The molecule has 0 spiro atoms. The Morgan fingerprint density at radius 1 is 1.03 bits per heavy atom. The summed E-state index contributed by atoms with van der Waals surface area (Å²) in [5, 5.41) is 1.53. The van der Waals surface area contributed by atoms with Crippen LogP contribution in [-0.4, -0.2) is 28.3 Å². The first-order valence-corrected chi connectivity index (χ1v) is 10.6. The molecule has 29 heavy (non-hydrogen) atoms. The molecule has 6 heteroatoms. The summed E-state index contributed by atoms with van der Waals surface area (Å²) in [6, 6.07) is 25.5. The Balaban J connectivity index is 1.57. The third kappa shape index (κ3) is 4.47. The van der Waals surface area contributed by atoms with E-state index >= 15 is 0 Å². The summed E-state index contributed by atoms with van der Waals surface area (Å²) in [6.45, 7) is 0.645. The van der Waals surface area contributed by atoms with Gasteiger partial charge in [0.15, 0.2) is 5.16 Å². The summed E-state index contributed by atoms with van der Waals surface area (Å²) in [4.78, 5) is 19.1. The molecule has 0 atom stereocenters. The average molecular weight is 422 g/mol. The maximum absolute atomic E-state index is 12.7. The van der Waals surface area contributed by atoms with Gasteiger partial charge in [-0.3, -0.25) is 4.79 Å². The fourth-order valence-electron chi connectivity index (χ4n) is 3.15. The molecule has 146 valence electrons. The number of halogens is 1. The summed E-state index contributed by atoms with van der Waals surface area (Å²) in [6.07, 6.45) is 0. The van der Waals surface area contributed by atoms with E-state index in [1.54, 1.807) is 11.9 Å². The molecule has 1 heterocycles. The number of fused-ring (bicyclic) bond motifs is 1. The van der Waals surface area contributed by atoms with Crippen molar-refractivity contribution in [3.8, 4) is 0 Å². The normalized spacial score (nSPS) is 11.0. The molecular weight excluding hydrogens is 402 g/mol. The van der Waals surface area contributed by atoms with E-state index in [1.165, 1.54) is 11.8 Å². The molecule has 0 aliphatic heterocycles. The van der Waals surface area contributed by atoms with Crippen molar-refractivity contribution < 1.29 is 4.79 Å². The monoisotopic (exact) mass is 421 g/mol. The second kappa shape index (κ2) is 8.72. The van der Waals surface area contributed by atoms with Gasteiger partial charge in [0.25, 0.3) is 0 Å². The largest absolute Gasteiger partial charge is 0.315 e. The third-order valence-electron chi connectivity index (χ3n) is 4.69. The number of aromatic nitrogens is 2. The zero-order valence-corrected chi connectivity index (χ0v) is 17.5. The van der Waals surface area contributed by atoms with E-state index in [4.69, 9.17) is 16.6 Å². The van der Waals surface area contributed by atoms with Crippen LogP contribution in [0.4, 0.5) is 5.69 Å². The van der Waals surface area contributed by atoms with Crippen molar-refractivity contribution in [1.29, 1.82) is 0 Å². The zero-order valence-electron chi connectivity index (χ0n) is 16.0. The van der Waals surface area contributed by atoms with Gasteiger partial charge < -0.3 is 9.47 Å². The van der Waals surface area contributed by atoms with Crippen molar-refractivity contribution in [3.05, 3.63) is 89.4 Å². The van der Waals surface area contributed by atoms with Gasteiger partial charge in [0, 0.05) is 17.8 Å². The molecule has 0 saturated heterocycles. The van der Waals surface area contributed by atoms with Crippen LogP contribution in [0.25, 0.3) is 11.0 Å². The molecule has 0 bridgehead atoms. The molecule has 0 radical (unpaired) electrons. The Labute approximate surface area is 179 Å². The third-order valence-corrected chi connectivity index (χ3v) is 5.89. The lowest BCUT2D eigenvalue weighted by molar-refractivity contribution is -0.115. The Morgan fingerprint density at radius 3 is 2.59 bits per heavy atom. The molecule has 0 unspecified atom stereocenters. The number of imidazole rings is 1. The van der Waals surface area contributed by atoms with Crippen LogP contribution in [-0.2, 0) is 11.3 Å². The van der Waals surface area contributed by atoms with Crippen molar-refractivity contribution in [2.24, 2.45) is 0 Å². The SMILES string of the molecule is CN(C(=O)CSc1nc2ccccc2n1Cc1cccc(Cl)c1)c1ccccc1. The van der Waals surface area contributed by atoms with Crippen molar-refractivity contribution in [3.63, 3.8) is 0 Å². The van der Waals surface area contributed by atoms with E-state index in [0.717, 1.165) is 27.4 Å². The minimum Gasteiger partial charge on any atom is -0.315 e. The predicted molar refractivity (Wildman–Crippen MR) is 121 cm³/mol. The molecule has 0 aliphatic carbocycles. The predicted octanol–water partition coefficient (Wildman–Crippen LogP) is 5.49. The van der Waals surface area contributed by atoms with Crippen molar-refractivity contribution in [2.45, 2.75) is 11.7 Å². The van der Waals surface area contributed by atoms with Crippen LogP contribution >= 0.6 is 23.4 Å². The Hall–Kier alpha value is -2.76. The molecule has 0 fully saturated rings. The molecule has 1 aromatic heterocycles. The summed E-state index contributed by atoms with van der Waals surface area (Å²) in [5.74, 6) is 0.340. The van der Waals surface area contributed by atoms with E-state index in [1.807, 2.05) is 72.8 Å². The number of amides is 1. The molecule has 0 aliphatic rings. The van der Waals surface area contributed by atoms with Crippen molar-refractivity contribution in [2.75, 3.05) is 17.7 Å². The number of rotatable bonds is 6. The number of carbonyl (C=O) groups is 1. The molecule has 4 rings (SSSR count). The molecule has 4 aromatic rings. The number of benzene rings is 3. The second-order valence-corrected chi connectivity index (χ2v) is 8.06. The highest BCUT2D eigenvalue weighted by molar-refractivity contribution is 7.99. The average Bonchev–Trinajstić information content (AvgIpc) is 3.09. The molecule has 3 aromatic carbocycles. The van der Waals surface area contributed by atoms with Gasteiger partial charge in [-0.2, -0.15) is 0 Å². The van der Waals surface area contributed by atoms with E-state index in [9.17, 15) is 4.79 Å². The van der Waals surface area contributed by atoms with E-state index in [2.05, 4.69) is 10.6 Å². The van der Waals surface area contributed by atoms with Gasteiger partial charge >= 0.3 is 0 Å². The molecule has 0 N–H and O–H groups in total. The number of nitrogens with zero attached hydrogens (tertiary/aromatic N) is 3. The Kier molecular flexibility index (Phi) is 5.88. The van der Waals surface area contributed by atoms with Crippen molar-refractivity contribution >= 4 is 46.0 Å². The Morgan fingerprint density at radius 2 is 1.79 bits per heavy atom. The summed E-state index contributed by atoms with van der Waals surface area (Å²) < 4.78 is 2.14. The number of hydrogen-bond acceptors (Lipinski definition) is 3. The van der Waals surface area contributed by atoms with Gasteiger partial charge in [-0.05, 0) is 42.0 Å². The van der Waals surface area contributed by atoms with E-state index in [-0.39, 0.29) is 5.91 Å². The first-order valence-electron chi connectivity index (χ1n) is 9.26. The lowest BCUT2D eigenvalue weighted by atomic mass is 10.2. The lowest BCUT2D eigenvalue weighted by Gasteiger charge is -2.17. The van der Waals surface area contributed by atoms with Crippen LogP contribution in [0.2, 0.25) is 5.02 Å². The van der Waals surface area contributed by atoms with Gasteiger partial charge in [-0.15, -0.1) is 0 Å². The number of thioether (sulfide) groups is 1. The summed E-state index contributed by atoms with van der Waals surface area (Å²) in [5.41, 5.74) is 3.93. The number of carbonyl (C=O) groups excluding carboxylic acids is 1. The minimum absolute atomic E-state index is 0.0301. The Bertz CT molecular complexity index is 1140. The van der Waals surface area contributed by atoms with Crippen LogP contribution < -0.4 is 4.90 Å². The topological polar surface area (TPSA) is 38.1 Å². The molecule has 4 nitrogen and oxygen atoms in total. The zero-order chi connectivity index (χ0) is 20.2. The fourth-order valence-corrected chi connectivity index (χ4v) is 4.29. The maximum atomic E-state index is 12.7. The van der Waals surface area contributed by atoms with E-state index in [0.29, 0.717) is 17.3 Å². The van der Waals surface area contributed by atoms with Crippen LogP contribution in [0.5, 0.6) is 0 Å². The van der Waals surface area contributed by atoms with Gasteiger partial charge in [-0.25, -0.2) is 4.98 Å². The van der Waals surface area contributed by atoms with Gasteiger partial charge in [0.1, 0.15) is 0 Å².